The van der Waals surface area contributed by atoms with Crippen LogP contribution in [0.25, 0.3) is 10.9 Å². The van der Waals surface area contributed by atoms with Gasteiger partial charge in [0.2, 0.25) is 0 Å². The first kappa shape index (κ1) is 9.54. The SMILES string of the molecule is O=c1[nH]c(=S)[nH]c2c(F)ccc(Br)c12. The Morgan fingerprint density at radius 3 is 2.79 bits per heavy atom. The maximum atomic E-state index is 13.3. The van der Waals surface area contributed by atoms with E-state index in [4.69, 9.17) is 12.2 Å². The van der Waals surface area contributed by atoms with Crippen LogP contribution in [0.1, 0.15) is 0 Å². The first-order valence-corrected chi connectivity index (χ1v) is 4.90. The minimum atomic E-state index is -0.500. The van der Waals surface area contributed by atoms with Crippen molar-refractivity contribution in [2.75, 3.05) is 0 Å². The fourth-order valence-corrected chi connectivity index (χ4v) is 1.91. The molecule has 0 aliphatic carbocycles. The summed E-state index contributed by atoms with van der Waals surface area (Å²) >= 11 is 7.90. The molecule has 1 heterocycles. The molecule has 0 amide bonds. The van der Waals surface area contributed by atoms with Crippen LogP contribution in [-0.2, 0) is 0 Å². The summed E-state index contributed by atoms with van der Waals surface area (Å²) in [4.78, 5) is 16.4. The second-order valence-corrected chi connectivity index (χ2v) is 3.95. The van der Waals surface area contributed by atoms with E-state index in [9.17, 15) is 9.18 Å². The Morgan fingerprint density at radius 1 is 1.36 bits per heavy atom. The quantitative estimate of drug-likeness (QED) is 0.726. The van der Waals surface area contributed by atoms with Crippen molar-refractivity contribution < 1.29 is 4.39 Å². The molecule has 0 unspecified atom stereocenters. The topological polar surface area (TPSA) is 48.6 Å². The largest absolute Gasteiger partial charge is 0.329 e. The highest BCUT2D eigenvalue weighted by Crippen LogP contribution is 2.20. The van der Waals surface area contributed by atoms with Crippen molar-refractivity contribution in [3.8, 4) is 0 Å². The van der Waals surface area contributed by atoms with Gasteiger partial charge >= 0.3 is 0 Å². The molecule has 0 spiro atoms. The number of rotatable bonds is 0. The lowest BCUT2D eigenvalue weighted by Gasteiger charge is -2.00. The number of aromatic amines is 2. The number of H-pyrrole nitrogens is 2. The van der Waals surface area contributed by atoms with Gasteiger partial charge in [0.1, 0.15) is 5.82 Å². The number of halogens is 2. The molecule has 0 atom stereocenters. The first-order chi connectivity index (χ1) is 6.59. The zero-order valence-corrected chi connectivity index (χ0v) is 9.13. The molecular formula is C8H4BrFN2OS. The third-order valence-corrected chi connectivity index (χ3v) is 2.66. The standard InChI is InChI=1S/C8H4BrFN2OS/c9-3-1-2-4(10)6-5(3)7(13)12-8(14)11-6/h1-2H,(H2,11,12,13,14). The molecule has 1 aromatic heterocycles. The number of nitrogens with one attached hydrogen (secondary N) is 2. The Morgan fingerprint density at radius 2 is 2.07 bits per heavy atom. The molecule has 2 N–H and O–H groups in total. The van der Waals surface area contributed by atoms with Crippen LogP contribution >= 0.6 is 28.1 Å². The van der Waals surface area contributed by atoms with Gasteiger partial charge in [-0.25, -0.2) is 4.39 Å². The summed E-state index contributed by atoms with van der Waals surface area (Å²) in [7, 11) is 0. The Labute approximate surface area is 91.1 Å². The molecule has 0 bridgehead atoms. The van der Waals surface area contributed by atoms with E-state index in [0.717, 1.165) is 0 Å². The van der Waals surface area contributed by atoms with Crippen molar-refractivity contribution in [2.24, 2.45) is 0 Å². The zero-order chi connectivity index (χ0) is 10.3. The average Bonchev–Trinajstić information content (AvgIpc) is 2.10. The summed E-state index contributed by atoms with van der Waals surface area (Å²) < 4.78 is 13.9. The van der Waals surface area contributed by atoms with Crippen LogP contribution in [0.3, 0.4) is 0 Å². The van der Waals surface area contributed by atoms with E-state index >= 15 is 0 Å². The fraction of sp³-hybridized carbons (Fsp3) is 0. The van der Waals surface area contributed by atoms with E-state index in [1.807, 2.05) is 0 Å². The molecular weight excluding hydrogens is 271 g/mol. The van der Waals surface area contributed by atoms with Gasteiger partial charge in [-0.2, -0.15) is 0 Å². The zero-order valence-electron chi connectivity index (χ0n) is 6.73. The van der Waals surface area contributed by atoms with Gasteiger partial charge in [-0.1, -0.05) is 0 Å². The maximum Gasteiger partial charge on any atom is 0.260 e. The molecule has 0 saturated heterocycles. The van der Waals surface area contributed by atoms with Gasteiger partial charge in [-0.05, 0) is 40.3 Å². The predicted octanol–water partition coefficient (Wildman–Crippen LogP) is 2.49. The summed E-state index contributed by atoms with van der Waals surface area (Å²) in [5.74, 6) is -0.500. The molecule has 3 nitrogen and oxygen atoms in total. The number of fused-ring (bicyclic) bond motifs is 1. The van der Waals surface area contributed by atoms with Crippen LogP contribution in [0.5, 0.6) is 0 Å². The average molecular weight is 275 g/mol. The van der Waals surface area contributed by atoms with E-state index in [0.29, 0.717) is 4.47 Å². The monoisotopic (exact) mass is 274 g/mol. The second kappa shape index (κ2) is 3.29. The first-order valence-electron chi connectivity index (χ1n) is 3.70. The minimum Gasteiger partial charge on any atom is -0.329 e. The Kier molecular flexibility index (Phi) is 2.24. The van der Waals surface area contributed by atoms with Gasteiger partial charge in [0.05, 0.1) is 10.9 Å². The normalized spacial score (nSPS) is 10.7. The molecule has 0 aliphatic heterocycles. The summed E-state index contributed by atoms with van der Waals surface area (Å²) in [6, 6.07) is 2.74. The third-order valence-electron chi connectivity index (χ3n) is 1.80. The van der Waals surface area contributed by atoms with Gasteiger partial charge in [0, 0.05) is 4.47 Å². The number of hydrogen-bond acceptors (Lipinski definition) is 2. The van der Waals surface area contributed by atoms with Gasteiger partial charge in [0.25, 0.3) is 5.56 Å². The van der Waals surface area contributed by atoms with E-state index in [2.05, 4.69) is 25.9 Å². The van der Waals surface area contributed by atoms with Crippen LogP contribution < -0.4 is 5.56 Å². The van der Waals surface area contributed by atoms with Crippen LogP contribution in [0.15, 0.2) is 21.4 Å². The van der Waals surface area contributed by atoms with Crippen LogP contribution in [0.4, 0.5) is 4.39 Å². The summed E-state index contributed by atoms with van der Waals surface area (Å²) in [5, 5.41) is 0.235. The smallest absolute Gasteiger partial charge is 0.260 e. The molecule has 0 aliphatic rings. The summed E-state index contributed by atoms with van der Waals surface area (Å²) in [6.45, 7) is 0. The Balaban J connectivity index is 3.16. The van der Waals surface area contributed by atoms with E-state index in [1.54, 1.807) is 0 Å². The van der Waals surface area contributed by atoms with E-state index in [-0.39, 0.29) is 15.7 Å². The minimum absolute atomic E-state index is 0.111. The molecule has 0 radical (unpaired) electrons. The highest BCUT2D eigenvalue weighted by Gasteiger charge is 2.07. The van der Waals surface area contributed by atoms with Crippen molar-refractivity contribution in [1.29, 1.82) is 0 Å². The number of benzene rings is 1. The second-order valence-electron chi connectivity index (χ2n) is 2.69. The molecule has 72 valence electrons. The number of aromatic nitrogens is 2. The Hall–Kier alpha value is -1.01. The summed E-state index contributed by atoms with van der Waals surface area (Å²) in [5.41, 5.74) is -0.289. The lowest BCUT2D eigenvalue weighted by atomic mass is 10.2. The lowest BCUT2D eigenvalue weighted by molar-refractivity contribution is 0.636. The molecule has 0 fully saturated rings. The molecule has 2 rings (SSSR count). The molecule has 0 saturated carbocycles. The predicted molar refractivity (Wildman–Crippen MR) is 57.4 cm³/mol. The molecule has 14 heavy (non-hydrogen) atoms. The van der Waals surface area contributed by atoms with E-state index in [1.165, 1.54) is 12.1 Å². The maximum absolute atomic E-state index is 13.3. The summed E-state index contributed by atoms with van der Waals surface area (Å²) in [6.07, 6.45) is 0. The van der Waals surface area contributed by atoms with Gasteiger partial charge in [-0.15, -0.1) is 0 Å². The van der Waals surface area contributed by atoms with Crippen molar-refractivity contribution >= 4 is 39.1 Å². The van der Waals surface area contributed by atoms with Crippen LogP contribution in [-0.4, -0.2) is 9.97 Å². The van der Waals surface area contributed by atoms with Crippen molar-refractivity contribution in [1.82, 2.24) is 9.97 Å². The van der Waals surface area contributed by atoms with Crippen LogP contribution in [0, 0.1) is 10.6 Å². The highest BCUT2D eigenvalue weighted by atomic mass is 79.9. The lowest BCUT2D eigenvalue weighted by Crippen LogP contribution is -2.09. The Bertz CT molecular complexity index is 619. The molecule has 2 aromatic rings. The fourth-order valence-electron chi connectivity index (χ4n) is 1.21. The van der Waals surface area contributed by atoms with Gasteiger partial charge < -0.3 is 4.98 Å². The van der Waals surface area contributed by atoms with Crippen molar-refractivity contribution in [3.05, 3.63) is 37.5 Å². The van der Waals surface area contributed by atoms with Crippen molar-refractivity contribution in [3.63, 3.8) is 0 Å². The molecule has 1 aromatic carbocycles. The number of hydrogen-bond donors (Lipinski definition) is 2. The van der Waals surface area contributed by atoms with E-state index < -0.39 is 11.4 Å². The van der Waals surface area contributed by atoms with Crippen molar-refractivity contribution in [2.45, 2.75) is 0 Å². The molecule has 6 heteroatoms. The third kappa shape index (κ3) is 1.40. The van der Waals surface area contributed by atoms with Gasteiger partial charge in [0.15, 0.2) is 4.77 Å². The van der Waals surface area contributed by atoms with Gasteiger partial charge in [-0.3, -0.25) is 9.78 Å². The highest BCUT2D eigenvalue weighted by molar-refractivity contribution is 9.10. The van der Waals surface area contributed by atoms with Crippen LogP contribution in [0.2, 0.25) is 0 Å².